The van der Waals surface area contributed by atoms with Gasteiger partial charge in [-0.2, -0.15) is 0 Å². The maximum absolute atomic E-state index is 12.0. The van der Waals surface area contributed by atoms with E-state index in [2.05, 4.69) is 10.6 Å². The molecule has 0 atom stereocenters. The third-order valence-corrected chi connectivity index (χ3v) is 4.26. The summed E-state index contributed by atoms with van der Waals surface area (Å²) in [5.74, 6) is 1.42. The highest BCUT2D eigenvalue weighted by molar-refractivity contribution is 7.80. The second-order valence-corrected chi connectivity index (χ2v) is 6.31. The number of nitrogens with one attached hydrogen (secondary N) is 2. The van der Waals surface area contributed by atoms with Crippen molar-refractivity contribution in [1.29, 1.82) is 0 Å². The lowest BCUT2D eigenvalue weighted by Gasteiger charge is -2.13. The lowest BCUT2D eigenvalue weighted by atomic mass is 10.1. The highest BCUT2D eigenvalue weighted by Gasteiger charge is 2.06. The van der Waals surface area contributed by atoms with E-state index in [0.29, 0.717) is 30.2 Å². The zero-order chi connectivity index (χ0) is 18.9. The summed E-state index contributed by atoms with van der Waals surface area (Å²) in [6, 6.07) is 12.9. The fraction of sp³-hybridized carbons (Fsp3) is 0.300. The Balaban J connectivity index is 1.68. The highest BCUT2D eigenvalue weighted by Crippen LogP contribution is 2.20. The van der Waals surface area contributed by atoms with E-state index in [0.717, 1.165) is 17.1 Å². The van der Waals surface area contributed by atoms with Crippen molar-refractivity contribution in [1.82, 2.24) is 10.6 Å². The van der Waals surface area contributed by atoms with Gasteiger partial charge in [0.2, 0.25) is 0 Å². The van der Waals surface area contributed by atoms with Crippen molar-refractivity contribution in [3.05, 3.63) is 59.2 Å². The zero-order valence-electron chi connectivity index (χ0n) is 15.3. The van der Waals surface area contributed by atoms with Gasteiger partial charge in [0.15, 0.2) is 0 Å². The van der Waals surface area contributed by atoms with Crippen LogP contribution >= 0.6 is 12.2 Å². The van der Waals surface area contributed by atoms with Crippen LogP contribution in [0, 0.1) is 13.8 Å². The van der Waals surface area contributed by atoms with E-state index in [1.807, 2.05) is 32.0 Å². The minimum Gasteiger partial charge on any atom is -0.497 e. The van der Waals surface area contributed by atoms with Gasteiger partial charge in [-0.05, 0) is 55.3 Å². The number of aryl methyl sites for hydroxylation is 1. The summed E-state index contributed by atoms with van der Waals surface area (Å²) in [7, 11) is 1.59. The Morgan fingerprint density at radius 2 is 1.73 bits per heavy atom. The summed E-state index contributed by atoms with van der Waals surface area (Å²) in [6.45, 7) is 5.39. The van der Waals surface area contributed by atoms with E-state index in [1.54, 1.807) is 31.4 Å². The molecule has 0 fully saturated rings. The summed E-state index contributed by atoms with van der Waals surface area (Å²) < 4.78 is 10.8. The van der Waals surface area contributed by atoms with Gasteiger partial charge in [0.05, 0.1) is 7.11 Å². The van der Waals surface area contributed by atoms with Gasteiger partial charge in [0.25, 0.3) is 5.91 Å². The second kappa shape index (κ2) is 9.77. The van der Waals surface area contributed by atoms with Crippen molar-refractivity contribution in [2.24, 2.45) is 0 Å². The molecule has 0 aliphatic heterocycles. The van der Waals surface area contributed by atoms with E-state index < -0.39 is 0 Å². The van der Waals surface area contributed by atoms with Crippen LogP contribution in [-0.4, -0.2) is 37.7 Å². The number of benzene rings is 2. The molecule has 0 unspecified atom stereocenters. The smallest absolute Gasteiger partial charge is 0.251 e. The molecular weight excluding hydrogens is 348 g/mol. The molecule has 0 saturated heterocycles. The minimum absolute atomic E-state index is 0.132. The molecule has 0 heterocycles. The number of carbonyl (C=O) groups is 1. The Kier molecular flexibility index (Phi) is 7.41. The third kappa shape index (κ3) is 5.74. The first-order chi connectivity index (χ1) is 12.5. The number of rotatable bonds is 8. The first-order valence-electron chi connectivity index (χ1n) is 8.39. The van der Waals surface area contributed by atoms with Gasteiger partial charge in [0.1, 0.15) is 23.1 Å². The number of thiocarbonyl (C=S) groups is 1. The van der Waals surface area contributed by atoms with Gasteiger partial charge in [-0.3, -0.25) is 4.79 Å². The fourth-order valence-electron chi connectivity index (χ4n) is 2.30. The van der Waals surface area contributed by atoms with Crippen molar-refractivity contribution < 1.29 is 14.3 Å². The first kappa shape index (κ1) is 19.7. The molecule has 6 heteroatoms. The van der Waals surface area contributed by atoms with Crippen LogP contribution in [0.5, 0.6) is 11.5 Å². The van der Waals surface area contributed by atoms with Gasteiger partial charge in [-0.25, -0.2) is 0 Å². The van der Waals surface area contributed by atoms with Crippen molar-refractivity contribution in [2.75, 3.05) is 26.8 Å². The predicted octanol–water partition coefficient (Wildman–Crippen LogP) is 3.04. The Morgan fingerprint density at radius 3 is 2.42 bits per heavy atom. The quantitative estimate of drug-likeness (QED) is 0.551. The Labute approximate surface area is 159 Å². The Morgan fingerprint density at radius 1 is 1.04 bits per heavy atom. The number of carbonyl (C=O) groups excluding carboxylic acids is 1. The van der Waals surface area contributed by atoms with Crippen molar-refractivity contribution in [3.8, 4) is 11.5 Å². The van der Waals surface area contributed by atoms with Crippen molar-refractivity contribution >= 4 is 23.1 Å². The molecule has 0 saturated carbocycles. The van der Waals surface area contributed by atoms with E-state index in [9.17, 15) is 4.79 Å². The average molecular weight is 372 g/mol. The summed E-state index contributed by atoms with van der Waals surface area (Å²) in [4.78, 5) is 12.6. The van der Waals surface area contributed by atoms with E-state index in [4.69, 9.17) is 21.7 Å². The highest BCUT2D eigenvalue weighted by atomic mass is 32.1. The molecule has 138 valence electrons. The Bertz CT molecular complexity index is 760. The summed E-state index contributed by atoms with van der Waals surface area (Å²) in [5.41, 5.74) is 2.89. The summed E-state index contributed by atoms with van der Waals surface area (Å²) in [6.07, 6.45) is 0. The zero-order valence-corrected chi connectivity index (χ0v) is 16.1. The molecule has 0 aromatic heterocycles. The van der Waals surface area contributed by atoms with Gasteiger partial charge in [-0.15, -0.1) is 0 Å². The lowest BCUT2D eigenvalue weighted by Crippen LogP contribution is -2.36. The normalized spacial score (nSPS) is 10.1. The lowest BCUT2D eigenvalue weighted by molar-refractivity contribution is 0.0954. The van der Waals surface area contributed by atoms with Crippen molar-refractivity contribution in [3.63, 3.8) is 0 Å². The number of ether oxygens (including phenoxy) is 2. The molecule has 0 spiro atoms. The number of hydrogen-bond acceptors (Lipinski definition) is 4. The number of amides is 1. The third-order valence-electron chi connectivity index (χ3n) is 4.00. The van der Waals surface area contributed by atoms with Gasteiger partial charge >= 0.3 is 0 Å². The molecule has 2 aromatic rings. The van der Waals surface area contributed by atoms with E-state index in [1.165, 1.54) is 5.56 Å². The molecule has 0 radical (unpaired) electrons. The molecule has 0 aliphatic rings. The topological polar surface area (TPSA) is 59.6 Å². The van der Waals surface area contributed by atoms with Crippen LogP contribution < -0.4 is 20.1 Å². The molecule has 2 N–H and O–H groups in total. The number of hydrogen-bond donors (Lipinski definition) is 2. The summed E-state index contributed by atoms with van der Waals surface area (Å²) >= 11 is 5.27. The van der Waals surface area contributed by atoms with Gasteiger partial charge in [0, 0.05) is 18.7 Å². The predicted molar refractivity (Wildman–Crippen MR) is 107 cm³/mol. The first-order valence-corrected chi connectivity index (χ1v) is 8.80. The van der Waals surface area contributed by atoms with Crippen LogP contribution in [0.1, 0.15) is 21.5 Å². The maximum Gasteiger partial charge on any atom is 0.251 e. The maximum atomic E-state index is 12.0. The second-order valence-electron chi connectivity index (χ2n) is 5.82. The van der Waals surface area contributed by atoms with Gasteiger partial charge in [-0.1, -0.05) is 24.4 Å². The molecule has 0 bridgehead atoms. The average Bonchev–Trinajstić information content (AvgIpc) is 2.66. The summed E-state index contributed by atoms with van der Waals surface area (Å²) in [5, 5.41) is 5.92. The van der Waals surface area contributed by atoms with E-state index >= 15 is 0 Å². The van der Waals surface area contributed by atoms with Crippen LogP contribution in [0.15, 0.2) is 42.5 Å². The molecule has 5 nitrogen and oxygen atoms in total. The molecule has 2 aromatic carbocycles. The molecule has 1 amide bonds. The molecule has 0 aliphatic carbocycles. The SMILES string of the molecule is COc1ccc(C(=O)NCCNC(=S)COc2cccc(C)c2C)cc1. The van der Waals surface area contributed by atoms with E-state index in [-0.39, 0.29) is 5.91 Å². The van der Waals surface area contributed by atoms with Crippen LogP contribution in [0.25, 0.3) is 0 Å². The van der Waals surface area contributed by atoms with Crippen LogP contribution in [0.3, 0.4) is 0 Å². The van der Waals surface area contributed by atoms with Crippen LogP contribution in [0.4, 0.5) is 0 Å². The molecular formula is C20H24N2O3S. The monoisotopic (exact) mass is 372 g/mol. The van der Waals surface area contributed by atoms with Crippen LogP contribution in [0.2, 0.25) is 0 Å². The minimum atomic E-state index is -0.132. The van der Waals surface area contributed by atoms with Crippen LogP contribution in [-0.2, 0) is 0 Å². The molecule has 2 rings (SSSR count). The Hall–Kier alpha value is -2.60. The standard InChI is InChI=1S/C20H24N2O3S/c1-14-5-4-6-18(15(14)2)25-13-19(26)21-11-12-22-20(23)16-7-9-17(24-3)10-8-16/h4-10H,11-13H2,1-3H3,(H,21,26)(H,22,23). The fourth-order valence-corrected chi connectivity index (χ4v) is 2.46. The van der Waals surface area contributed by atoms with Gasteiger partial charge < -0.3 is 20.1 Å². The molecule has 26 heavy (non-hydrogen) atoms. The number of methoxy groups -OCH3 is 1. The largest absolute Gasteiger partial charge is 0.497 e. The van der Waals surface area contributed by atoms with Crippen molar-refractivity contribution in [2.45, 2.75) is 13.8 Å².